The summed E-state index contributed by atoms with van der Waals surface area (Å²) in [6, 6.07) is 5.34. The van der Waals surface area contributed by atoms with E-state index in [4.69, 9.17) is 0 Å². The Morgan fingerprint density at radius 3 is 2.25 bits per heavy atom. The average Bonchev–Trinajstić information content (AvgIpc) is 2.79. The van der Waals surface area contributed by atoms with Crippen LogP contribution in [-0.4, -0.2) is 9.38 Å². The highest BCUT2D eigenvalue weighted by atomic mass is 19.1. The number of halogens is 1. The predicted molar refractivity (Wildman–Crippen MR) is 79.5 cm³/mol. The lowest BCUT2D eigenvalue weighted by atomic mass is 9.93. The maximum Gasteiger partial charge on any atom is 0.139 e. The monoisotopic (exact) mass is 268 g/mol. The van der Waals surface area contributed by atoms with Crippen molar-refractivity contribution in [3.05, 3.63) is 58.7 Å². The molecule has 0 N–H and O–H groups in total. The summed E-state index contributed by atoms with van der Waals surface area (Å²) in [5.74, 6) is -0.254. The molecule has 0 spiro atoms. The number of fused-ring (bicyclic) bond motifs is 1. The molecule has 0 bridgehead atoms. The standard InChI is InChI=1S/C17H17FN2/c1-10-7-11(2)13(4)17(12(10)3)15-9-20-8-14(18)5-6-16(20)19-15/h5-9H,1-4H3. The van der Waals surface area contributed by atoms with E-state index in [2.05, 4.69) is 38.7 Å². The van der Waals surface area contributed by atoms with Crippen LogP contribution >= 0.6 is 0 Å². The minimum atomic E-state index is -0.254. The van der Waals surface area contributed by atoms with Crippen LogP contribution in [0.2, 0.25) is 0 Å². The fourth-order valence-corrected chi connectivity index (χ4v) is 2.69. The fourth-order valence-electron chi connectivity index (χ4n) is 2.69. The van der Waals surface area contributed by atoms with E-state index in [-0.39, 0.29) is 5.82 Å². The summed E-state index contributed by atoms with van der Waals surface area (Å²) >= 11 is 0. The molecule has 1 aromatic carbocycles. The molecular weight excluding hydrogens is 251 g/mol. The minimum absolute atomic E-state index is 0.254. The molecular formula is C17H17FN2. The van der Waals surface area contributed by atoms with Gasteiger partial charge in [0.1, 0.15) is 11.5 Å². The van der Waals surface area contributed by atoms with Crippen molar-refractivity contribution in [3.8, 4) is 11.3 Å². The van der Waals surface area contributed by atoms with Crippen LogP contribution in [0.5, 0.6) is 0 Å². The first kappa shape index (κ1) is 12.9. The van der Waals surface area contributed by atoms with Gasteiger partial charge in [-0.1, -0.05) is 6.07 Å². The molecule has 0 atom stereocenters. The Morgan fingerprint density at radius 2 is 1.60 bits per heavy atom. The summed E-state index contributed by atoms with van der Waals surface area (Å²) in [4.78, 5) is 4.62. The van der Waals surface area contributed by atoms with Gasteiger partial charge in [-0.05, 0) is 62.1 Å². The van der Waals surface area contributed by atoms with Crippen molar-refractivity contribution in [3.63, 3.8) is 0 Å². The molecule has 3 heteroatoms. The summed E-state index contributed by atoms with van der Waals surface area (Å²) in [6.07, 6.45) is 3.35. The van der Waals surface area contributed by atoms with E-state index in [9.17, 15) is 4.39 Å². The molecule has 102 valence electrons. The number of hydrogen-bond acceptors (Lipinski definition) is 1. The third-order valence-corrected chi connectivity index (χ3v) is 4.04. The summed E-state index contributed by atoms with van der Waals surface area (Å²) in [6.45, 7) is 8.45. The van der Waals surface area contributed by atoms with Crippen LogP contribution in [0.3, 0.4) is 0 Å². The molecule has 0 aliphatic rings. The molecule has 0 aliphatic carbocycles. The molecule has 3 rings (SSSR count). The Kier molecular flexibility index (Phi) is 2.85. The zero-order chi connectivity index (χ0) is 14.4. The quantitative estimate of drug-likeness (QED) is 0.640. The summed E-state index contributed by atoms with van der Waals surface area (Å²) < 4.78 is 15.0. The van der Waals surface area contributed by atoms with Gasteiger partial charge in [-0.15, -0.1) is 0 Å². The molecule has 0 amide bonds. The maximum absolute atomic E-state index is 13.3. The first-order valence-electron chi connectivity index (χ1n) is 6.69. The van der Waals surface area contributed by atoms with Crippen LogP contribution in [0.4, 0.5) is 4.39 Å². The number of hydrogen-bond donors (Lipinski definition) is 0. The smallest absolute Gasteiger partial charge is 0.139 e. The maximum atomic E-state index is 13.3. The molecule has 3 aromatic rings. The molecule has 2 heterocycles. The highest BCUT2D eigenvalue weighted by molar-refractivity contribution is 5.72. The van der Waals surface area contributed by atoms with Gasteiger partial charge in [0.25, 0.3) is 0 Å². The molecule has 0 saturated heterocycles. The summed E-state index contributed by atoms with van der Waals surface area (Å²) in [5, 5.41) is 0. The van der Waals surface area contributed by atoms with Gasteiger partial charge < -0.3 is 4.40 Å². The van der Waals surface area contributed by atoms with Gasteiger partial charge in [0, 0.05) is 18.0 Å². The van der Waals surface area contributed by atoms with Crippen LogP contribution in [0, 0.1) is 33.5 Å². The summed E-state index contributed by atoms with van der Waals surface area (Å²) in [5.41, 5.74) is 7.80. The highest BCUT2D eigenvalue weighted by Gasteiger charge is 2.13. The molecule has 20 heavy (non-hydrogen) atoms. The van der Waals surface area contributed by atoms with Crippen molar-refractivity contribution < 1.29 is 4.39 Å². The van der Waals surface area contributed by atoms with E-state index in [1.165, 1.54) is 34.5 Å². The summed E-state index contributed by atoms with van der Waals surface area (Å²) in [7, 11) is 0. The fraction of sp³-hybridized carbons (Fsp3) is 0.235. The van der Waals surface area contributed by atoms with Crippen molar-refractivity contribution in [1.82, 2.24) is 9.38 Å². The SMILES string of the molecule is Cc1cc(C)c(C)c(-c2cn3cc(F)ccc3n2)c1C. The predicted octanol–water partition coefficient (Wildman–Crippen LogP) is 4.37. The van der Waals surface area contributed by atoms with Gasteiger partial charge in [0.15, 0.2) is 0 Å². The second-order valence-corrected chi connectivity index (χ2v) is 5.37. The van der Waals surface area contributed by atoms with E-state index in [0.717, 1.165) is 16.9 Å². The van der Waals surface area contributed by atoms with Gasteiger partial charge in [-0.2, -0.15) is 0 Å². The normalized spacial score (nSPS) is 11.2. The van der Waals surface area contributed by atoms with E-state index in [1.54, 1.807) is 10.5 Å². The molecule has 0 aliphatic heterocycles. The number of rotatable bonds is 1. The van der Waals surface area contributed by atoms with Crippen molar-refractivity contribution in [1.29, 1.82) is 0 Å². The first-order chi connectivity index (χ1) is 9.47. The van der Waals surface area contributed by atoms with Crippen molar-refractivity contribution in [2.45, 2.75) is 27.7 Å². The molecule has 0 fully saturated rings. The largest absolute Gasteiger partial charge is 0.304 e. The van der Waals surface area contributed by atoms with Crippen LogP contribution < -0.4 is 0 Å². The second kappa shape index (κ2) is 4.44. The van der Waals surface area contributed by atoms with Crippen LogP contribution in [0.25, 0.3) is 16.9 Å². The number of aryl methyl sites for hydroxylation is 2. The molecule has 2 aromatic heterocycles. The average molecular weight is 268 g/mol. The lowest BCUT2D eigenvalue weighted by molar-refractivity contribution is 0.619. The Bertz CT molecular complexity index is 789. The van der Waals surface area contributed by atoms with Crippen molar-refractivity contribution in [2.24, 2.45) is 0 Å². The highest BCUT2D eigenvalue weighted by Crippen LogP contribution is 2.31. The van der Waals surface area contributed by atoms with Crippen LogP contribution in [0.1, 0.15) is 22.3 Å². The third-order valence-electron chi connectivity index (χ3n) is 4.04. The van der Waals surface area contributed by atoms with E-state index >= 15 is 0 Å². The molecule has 2 nitrogen and oxygen atoms in total. The van der Waals surface area contributed by atoms with Crippen LogP contribution in [0.15, 0.2) is 30.6 Å². The first-order valence-corrected chi connectivity index (χ1v) is 6.69. The van der Waals surface area contributed by atoms with Crippen molar-refractivity contribution in [2.75, 3.05) is 0 Å². The number of aromatic nitrogens is 2. The van der Waals surface area contributed by atoms with Gasteiger partial charge in [-0.3, -0.25) is 0 Å². The Labute approximate surface area is 117 Å². The van der Waals surface area contributed by atoms with Crippen LogP contribution in [-0.2, 0) is 0 Å². The minimum Gasteiger partial charge on any atom is -0.304 e. The molecule has 0 saturated carbocycles. The number of benzene rings is 1. The zero-order valence-corrected chi connectivity index (χ0v) is 12.2. The number of imidazole rings is 1. The number of pyridine rings is 1. The lowest BCUT2D eigenvalue weighted by Gasteiger charge is -2.13. The zero-order valence-electron chi connectivity index (χ0n) is 12.2. The second-order valence-electron chi connectivity index (χ2n) is 5.37. The Hall–Kier alpha value is -2.16. The number of nitrogens with zero attached hydrogens (tertiary/aromatic N) is 2. The van der Waals surface area contributed by atoms with Gasteiger partial charge in [-0.25, -0.2) is 9.37 Å². The molecule has 0 radical (unpaired) electrons. The Morgan fingerprint density at radius 1 is 0.950 bits per heavy atom. The van der Waals surface area contributed by atoms with Gasteiger partial charge in [0.05, 0.1) is 5.69 Å². The lowest BCUT2D eigenvalue weighted by Crippen LogP contribution is -1.95. The Balaban J connectivity index is 2.30. The van der Waals surface area contributed by atoms with Gasteiger partial charge in [0.2, 0.25) is 0 Å². The molecule has 0 unspecified atom stereocenters. The van der Waals surface area contributed by atoms with E-state index < -0.39 is 0 Å². The van der Waals surface area contributed by atoms with E-state index in [0.29, 0.717) is 0 Å². The van der Waals surface area contributed by atoms with Crippen molar-refractivity contribution >= 4 is 5.65 Å². The van der Waals surface area contributed by atoms with E-state index in [1.807, 2.05) is 6.20 Å². The topological polar surface area (TPSA) is 17.3 Å². The third kappa shape index (κ3) is 1.90. The van der Waals surface area contributed by atoms with Gasteiger partial charge >= 0.3 is 0 Å².